The van der Waals surface area contributed by atoms with Gasteiger partial charge < -0.3 is 0 Å². The van der Waals surface area contributed by atoms with Crippen molar-refractivity contribution >= 4 is 71.4 Å². The average Bonchev–Trinajstić information content (AvgIpc) is 2.80. The summed E-state index contributed by atoms with van der Waals surface area (Å²) < 4.78 is 1.85. The minimum atomic E-state index is -1.01. The molecule has 1 aliphatic rings. The monoisotopic (exact) mass is 492 g/mol. The first-order chi connectivity index (χ1) is 15.5. The first-order valence-electron chi connectivity index (χ1n) is 9.91. The third-order valence-electron chi connectivity index (χ3n) is 5.71. The molecule has 6 heteroatoms. The zero-order valence-electron chi connectivity index (χ0n) is 16.4. The van der Waals surface area contributed by atoms with E-state index in [-0.39, 0.29) is 11.2 Å². The molecule has 0 radical (unpaired) electrons. The summed E-state index contributed by atoms with van der Waals surface area (Å²) in [5.74, 6) is -0.00925. The Kier molecular flexibility index (Phi) is 4.67. The van der Waals surface area contributed by atoms with Crippen LogP contribution in [0.4, 0.5) is 0 Å². The molecule has 0 N–H and O–H groups in total. The third kappa shape index (κ3) is 3.02. The topological polar surface area (TPSA) is 34.1 Å². The molecule has 1 aliphatic heterocycles. The van der Waals surface area contributed by atoms with Crippen molar-refractivity contribution in [3.05, 3.63) is 110 Å². The van der Waals surface area contributed by atoms with E-state index in [0.29, 0.717) is 31.9 Å². The van der Waals surface area contributed by atoms with Crippen molar-refractivity contribution in [3.63, 3.8) is 0 Å². The van der Waals surface area contributed by atoms with Crippen molar-refractivity contribution in [3.8, 4) is 0 Å². The molecule has 32 heavy (non-hydrogen) atoms. The number of benzene rings is 4. The third-order valence-corrected chi connectivity index (χ3v) is 9.87. The van der Waals surface area contributed by atoms with Crippen molar-refractivity contribution in [1.29, 1.82) is 0 Å². The Morgan fingerprint density at radius 3 is 2.16 bits per heavy atom. The summed E-state index contributed by atoms with van der Waals surface area (Å²) in [7, 11) is -1.01. The van der Waals surface area contributed by atoms with Gasteiger partial charge in [0, 0.05) is 51.1 Å². The summed E-state index contributed by atoms with van der Waals surface area (Å²) in [6.45, 7) is 0. The van der Waals surface area contributed by atoms with Gasteiger partial charge in [-0.3, -0.25) is 9.59 Å². The van der Waals surface area contributed by atoms with Crippen LogP contribution in [0.2, 0.25) is 10.0 Å². The van der Waals surface area contributed by atoms with Crippen molar-refractivity contribution in [2.24, 2.45) is 0 Å². The predicted octanol–water partition coefficient (Wildman–Crippen LogP) is 7.74. The van der Waals surface area contributed by atoms with Gasteiger partial charge in [0.25, 0.3) is 0 Å². The smallest absolute Gasteiger partial charge is 0.195 e. The molecule has 0 fully saturated rings. The van der Waals surface area contributed by atoms with Crippen molar-refractivity contribution in [2.45, 2.75) is 14.7 Å². The van der Waals surface area contributed by atoms with Crippen LogP contribution in [-0.2, 0) is 0 Å². The zero-order chi connectivity index (χ0) is 22.0. The van der Waals surface area contributed by atoms with E-state index in [4.69, 9.17) is 23.2 Å². The zero-order valence-corrected chi connectivity index (χ0v) is 19.7. The predicted molar refractivity (Wildman–Crippen MR) is 136 cm³/mol. The molecule has 0 aliphatic carbocycles. The number of ketones is 1. The van der Waals surface area contributed by atoms with Crippen LogP contribution in [0.5, 0.6) is 0 Å². The molecule has 4 aromatic carbocycles. The Hall–Kier alpha value is -2.63. The van der Waals surface area contributed by atoms with Crippen molar-refractivity contribution < 1.29 is 4.79 Å². The second-order valence-electron chi connectivity index (χ2n) is 7.60. The maximum atomic E-state index is 13.3. The standard InChI is InChI=1S/C26H14Cl2O2S2/c27-14-5-8-21-18(11-14)26(30)19-13-16(7-9-22(19)31-21)32-23-4-2-1-3-17(23)25(29)20-12-15(28)6-10-24(20)32/h1-13,32H. The molecule has 0 bridgehead atoms. The lowest BCUT2D eigenvalue weighted by Crippen LogP contribution is -2.13. The number of carbonyl (C=O) groups excluding carboxylic acids is 1. The van der Waals surface area contributed by atoms with E-state index in [2.05, 4.69) is 6.07 Å². The lowest BCUT2D eigenvalue weighted by Gasteiger charge is -2.31. The van der Waals surface area contributed by atoms with Crippen LogP contribution in [0.1, 0.15) is 15.9 Å². The Labute approximate surface area is 200 Å². The van der Waals surface area contributed by atoms with Gasteiger partial charge >= 0.3 is 0 Å². The van der Waals surface area contributed by atoms with E-state index in [1.54, 1.807) is 29.5 Å². The largest absolute Gasteiger partial charge is 0.289 e. The highest BCUT2D eigenvalue weighted by atomic mass is 35.5. The molecule has 1 atom stereocenters. The molecular weight excluding hydrogens is 479 g/mol. The lowest BCUT2D eigenvalue weighted by atomic mass is 10.0. The fourth-order valence-electron chi connectivity index (χ4n) is 4.25. The quantitative estimate of drug-likeness (QED) is 0.188. The number of rotatable bonds is 1. The maximum absolute atomic E-state index is 13.3. The van der Waals surface area contributed by atoms with Gasteiger partial charge in [0.2, 0.25) is 0 Å². The van der Waals surface area contributed by atoms with Gasteiger partial charge in [0.15, 0.2) is 11.2 Å². The van der Waals surface area contributed by atoms with Gasteiger partial charge in [-0.05, 0) is 71.6 Å². The van der Waals surface area contributed by atoms with Crippen LogP contribution in [0.25, 0.3) is 20.2 Å². The second-order valence-corrected chi connectivity index (χ2v) is 11.7. The van der Waals surface area contributed by atoms with Crippen LogP contribution in [0.15, 0.2) is 98.3 Å². The number of thiol groups is 1. The Morgan fingerprint density at radius 1 is 0.656 bits per heavy atom. The van der Waals surface area contributed by atoms with E-state index in [0.717, 1.165) is 24.1 Å². The summed E-state index contributed by atoms with van der Waals surface area (Å²) >= 11 is 14.0. The number of hydrogen-bond acceptors (Lipinski definition) is 3. The van der Waals surface area contributed by atoms with E-state index in [1.165, 1.54) is 0 Å². The highest BCUT2D eigenvalue weighted by Crippen LogP contribution is 2.57. The normalized spacial score (nSPS) is 16.2. The number of fused-ring (bicyclic) bond motifs is 4. The first-order valence-corrected chi connectivity index (χ1v) is 12.8. The molecule has 1 unspecified atom stereocenters. The van der Waals surface area contributed by atoms with Crippen LogP contribution < -0.4 is 5.43 Å². The van der Waals surface area contributed by atoms with E-state index >= 15 is 0 Å². The highest BCUT2D eigenvalue weighted by Gasteiger charge is 2.30. The molecule has 0 amide bonds. The fourth-order valence-corrected chi connectivity index (χ4v) is 8.21. The summed E-state index contributed by atoms with van der Waals surface area (Å²) in [6.07, 6.45) is 0. The number of carbonyl (C=O) groups is 1. The molecule has 2 nitrogen and oxygen atoms in total. The van der Waals surface area contributed by atoms with Gasteiger partial charge in [-0.1, -0.05) is 35.3 Å². The lowest BCUT2D eigenvalue weighted by molar-refractivity contribution is 0.103. The molecule has 156 valence electrons. The number of hydrogen-bond donors (Lipinski definition) is 1. The average molecular weight is 493 g/mol. The van der Waals surface area contributed by atoms with E-state index < -0.39 is 10.9 Å². The molecule has 5 aromatic rings. The molecule has 0 spiro atoms. The minimum absolute atomic E-state index is 0.00925. The summed E-state index contributed by atoms with van der Waals surface area (Å²) in [4.78, 5) is 29.5. The molecule has 1 aromatic heterocycles. The van der Waals surface area contributed by atoms with Gasteiger partial charge in [-0.2, -0.15) is 10.9 Å². The Bertz CT molecular complexity index is 1660. The number of halogens is 2. The maximum Gasteiger partial charge on any atom is 0.195 e. The SMILES string of the molecule is O=C1c2ccccc2[SH](c2ccc3sc4ccc(Cl)cc4c(=O)c3c2)c2ccc(Cl)cc21. The molecule has 2 heterocycles. The van der Waals surface area contributed by atoms with Crippen LogP contribution in [-0.4, -0.2) is 5.78 Å². The van der Waals surface area contributed by atoms with Crippen LogP contribution in [0.3, 0.4) is 0 Å². The summed E-state index contributed by atoms with van der Waals surface area (Å²) in [5, 5.41) is 2.39. The van der Waals surface area contributed by atoms with E-state index in [9.17, 15) is 9.59 Å². The summed E-state index contributed by atoms with van der Waals surface area (Å²) in [6, 6.07) is 24.8. The first kappa shape index (κ1) is 20.0. The summed E-state index contributed by atoms with van der Waals surface area (Å²) in [5.41, 5.74) is 1.31. The highest BCUT2D eigenvalue weighted by molar-refractivity contribution is 8.17. The molecular formula is C26H14Cl2O2S2. The van der Waals surface area contributed by atoms with Gasteiger partial charge in [0.1, 0.15) is 0 Å². The van der Waals surface area contributed by atoms with Crippen LogP contribution in [0, 0.1) is 0 Å². The van der Waals surface area contributed by atoms with Crippen molar-refractivity contribution in [2.75, 3.05) is 0 Å². The Balaban J connectivity index is 1.65. The van der Waals surface area contributed by atoms with Crippen LogP contribution >= 0.6 is 45.4 Å². The van der Waals surface area contributed by atoms with Gasteiger partial charge in [-0.15, -0.1) is 11.3 Å². The fraction of sp³-hybridized carbons (Fsp3) is 0. The molecule has 0 saturated carbocycles. The Morgan fingerprint density at radius 2 is 1.31 bits per heavy atom. The molecule has 0 saturated heterocycles. The minimum Gasteiger partial charge on any atom is -0.289 e. The van der Waals surface area contributed by atoms with Gasteiger partial charge in [-0.25, -0.2) is 0 Å². The second kappa shape index (κ2) is 7.46. The van der Waals surface area contributed by atoms with Crippen molar-refractivity contribution in [1.82, 2.24) is 0 Å². The molecule has 6 rings (SSSR count). The van der Waals surface area contributed by atoms with Gasteiger partial charge in [0.05, 0.1) is 0 Å². The van der Waals surface area contributed by atoms with E-state index in [1.807, 2.05) is 54.6 Å².